The number of nitrogens with two attached hydrogens (primary N) is 1. The zero-order chi connectivity index (χ0) is 13.0. The van der Waals surface area contributed by atoms with Crippen molar-refractivity contribution in [2.24, 2.45) is 11.7 Å². The molecule has 2 nitrogen and oxygen atoms in total. The van der Waals surface area contributed by atoms with Crippen molar-refractivity contribution >= 4 is 31.9 Å². The van der Waals surface area contributed by atoms with Gasteiger partial charge in [0.15, 0.2) is 0 Å². The van der Waals surface area contributed by atoms with E-state index in [1.165, 1.54) is 32.1 Å². The molecule has 0 spiro atoms. The minimum absolute atomic E-state index is 0.542. The van der Waals surface area contributed by atoms with E-state index in [9.17, 15) is 0 Å². The predicted molar refractivity (Wildman–Crippen MR) is 81.8 cm³/mol. The summed E-state index contributed by atoms with van der Waals surface area (Å²) >= 11 is 7.11. The number of halogens is 2. The summed E-state index contributed by atoms with van der Waals surface area (Å²) in [6.45, 7) is 1.36. The van der Waals surface area contributed by atoms with Gasteiger partial charge in [-0.05, 0) is 68.3 Å². The van der Waals surface area contributed by atoms with Gasteiger partial charge in [-0.3, -0.25) is 0 Å². The quantitative estimate of drug-likeness (QED) is 0.831. The van der Waals surface area contributed by atoms with E-state index in [4.69, 9.17) is 10.5 Å². The fourth-order valence-electron chi connectivity index (χ4n) is 2.42. The topological polar surface area (TPSA) is 35.2 Å². The molecule has 0 heterocycles. The summed E-state index contributed by atoms with van der Waals surface area (Å²) < 4.78 is 7.93. The molecule has 0 aromatic heterocycles. The van der Waals surface area contributed by atoms with Crippen LogP contribution in [-0.4, -0.2) is 6.61 Å². The van der Waals surface area contributed by atoms with Crippen LogP contribution in [0.25, 0.3) is 0 Å². The van der Waals surface area contributed by atoms with Crippen molar-refractivity contribution in [1.82, 2.24) is 0 Å². The van der Waals surface area contributed by atoms with Crippen molar-refractivity contribution < 1.29 is 4.74 Å². The van der Waals surface area contributed by atoms with Gasteiger partial charge in [-0.15, -0.1) is 0 Å². The molecule has 1 saturated carbocycles. The lowest BCUT2D eigenvalue weighted by molar-refractivity contribution is 0.207. The molecule has 18 heavy (non-hydrogen) atoms. The molecule has 0 atom stereocenters. The van der Waals surface area contributed by atoms with E-state index in [-0.39, 0.29) is 0 Å². The van der Waals surface area contributed by atoms with Gasteiger partial charge in [-0.25, -0.2) is 0 Å². The molecule has 100 valence electrons. The number of hydrogen-bond donors (Lipinski definition) is 1. The van der Waals surface area contributed by atoms with Gasteiger partial charge >= 0.3 is 0 Å². The first kappa shape index (κ1) is 14.4. The second kappa shape index (κ2) is 6.92. The zero-order valence-electron chi connectivity index (χ0n) is 10.4. The molecular formula is C14H19Br2NO. The van der Waals surface area contributed by atoms with E-state index in [1.54, 1.807) is 0 Å². The second-order valence-electron chi connectivity index (χ2n) is 4.91. The Balaban J connectivity index is 2.00. The molecule has 0 aliphatic heterocycles. The van der Waals surface area contributed by atoms with E-state index in [1.807, 2.05) is 12.1 Å². The van der Waals surface area contributed by atoms with Crippen molar-refractivity contribution in [2.45, 2.75) is 38.6 Å². The first-order chi connectivity index (χ1) is 8.70. The van der Waals surface area contributed by atoms with E-state index >= 15 is 0 Å². The van der Waals surface area contributed by atoms with Crippen LogP contribution in [0, 0.1) is 5.92 Å². The van der Waals surface area contributed by atoms with Gasteiger partial charge in [0, 0.05) is 6.54 Å². The van der Waals surface area contributed by atoms with Crippen LogP contribution in [0.1, 0.15) is 37.7 Å². The maximum absolute atomic E-state index is 5.97. The molecule has 1 aliphatic carbocycles. The smallest absolute Gasteiger partial charge is 0.147 e. The summed E-state index contributed by atoms with van der Waals surface area (Å²) in [5.74, 6) is 1.62. The predicted octanol–water partition coefficient (Wildman–Crippen LogP) is 4.63. The normalized spacial score (nSPS) is 16.8. The average molecular weight is 377 g/mol. The molecule has 1 aromatic carbocycles. The minimum atomic E-state index is 0.542. The fraction of sp³-hybridized carbons (Fsp3) is 0.571. The summed E-state index contributed by atoms with van der Waals surface area (Å²) in [5.41, 5.74) is 6.74. The Kier molecular flexibility index (Phi) is 5.52. The van der Waals surface area contributed by atoms with Gasteiger partial charge in [0.05, 0.1) is 15.6 Å². The standard InChI is InChI=1S/C14H19Br2NO/c15-12-6-11(8-17)7-13(16)14(12)18-9-10-4-2-1-3-5-10/h6-7,10H,1-5,8-9,17H2. The van der Waals surface area contributed by atoms with Crippen LogP contribution in [-0.2, 0) is 6.54 Å². The SMILES string of the molecule is NCc1cc(Br)c(OCC2CCCCC2)c(Br)c1. The summed E-state index contributed by atoms with van der Waals surface area (Å²) in [7, 11) is 0. The molecule has 0 bridgehead atoms. The molecule has 1 aromatic rings. The monoisotopic (exact) mass is 375 g/mol. The lowest BCUT2D eigenvalue weighted by atomic mass is 9.90. The van der Waals surface area contributed by atoms with E-state index in [0.29, 0.717) is 12.5 Å². The minimum Gasteiger partial charge on any atom is -0.491 e. The van der Waals surface area contributed by atoms with Gasteiger partial charge < -0.3 is 10.5 Å². The Morgan fingerprint density at radius 2 is 1.72 bits per heavy atom. The Hall–Kier alpha value is -0.0600. The highest BCUT2D eigenvalue weighted by Crippen LogP contribution is 2.35. The molecule has 2 N–H and O–H groups in total. The maximum atomic E-state index is 5.97. The Morgan fingerprint density at radius 1 is 1.11 bits per heavy atom. The molecule has 1 aliphatic rings. The van der Waals surface area contributed by atoms with Gasteiger partial charge in [-0.1, -0.05) is 19.3 Å². The number of hydrogen-bond acceptors (Lipinski definition) is 2. The Labute approximate surface area is 126 Å². The fourth-order valence-corrected chi connectivity index (χ4v) is 3.93. The third-order valence-electron chi connectivity index (χ3n) is 3.48. The Bertz CT molecular complexity index is 380. The van der Waals surface area contributed by atoms with Crippen molar-refractivity contribution in [3.05, 3.63) is 26.6 Å². The molecule has 1 fully saturated rings. The first-order valence-electron chi connectivity index (χ1n) is 6.51. The summed E-state index contributed by atoms with van der Waals surface area (Å²) in [6.07, 6.45) is 6.69. The van der Waals surface area contributed by atoms with Crippen LogP contribution in [0.5, 0.6) is 5.75 Å². The van der Waals surface area contributed by atoms with Gasteiger partial charge in [0.25, 0.3) is 0 Å². The molecule has 0 unspecified atom stereocenters. The molecule has 0 amide bonds. The lowest BCUT2D eigenvalue weighted by Gasteiger charge is -2.22. The van der Waals surface area contributed by atoms with Crippen molar-refractivity contribution in [3.8, 4) is 5.75 Å². The van der Waals surface area contributed by atoms with Gasteiger partial charge in [0.2, 0.25) is 0 Å². The maximum Gasteiger partial charge on any atom is 0.147 e. The lowest BCUT2D eigenvalue weighted by Crippen LogP contribution is -2.15. The van der Waals surface area contributed by atoms with Crippen molar-refractivity contribution in [2.75, 3.05) is 6.61 Å². The van der Waals surface area contributed by atoms with Crippen LogP contribution < -0.4 is 10.5 Å². The second-order valence-corrected chi connectivity index (χ2v) is 6.62. The largest absolute Gasteiger partial charge is 0.491 e. The Morgan fingerprint density at radius 3 is 2.28 bits per heavy atom. The zero-order valence-corrected chi connectivity index (χ0v) is 13.6. The van der Waals surface area contributed by atoms with Crippen molar-refractivity contribution in [3.63, 3.8) is 0 Å². The summed E-state index contributed by atoms with van der Waals surface area (Å²) in [4.78, 5) is 0. The third-order valence-corrected chi connectivity index (χ3v) is 4.66. The highest BCUT2D eigenvalue weighted by molar-refractivity contribution is 9.11. The van der Waals surface area contributed by atoms with Crippen LogP contribution >= 0.6 is 31.9 Å². The third kappa shape index (κ3) is 3.72. The molecule has 0 radical (unpaired) electrons. The molecule has 0 saturated heterocycles. The van der Waals surface area contributed by atoms with Crippen LogP contribution in [0.4, 0.5) is 0 Å². The van der Waals surface area contributed by atoms with Gasteiger partial charge in [-0.2, -0.15) is 0 Å². The summed E-state index contributed by atoms with van der Waals surface area (Å²) in [6, 6.07) is 4.06. The number of ether oxygens (including phenoxy) is 1. The van der Waals surface area contributed by atoms with Crippen LogP contribution in [0.2, 0.25) is 0 Å². The van der Waals surface area contributed by atoms with E-state index < -0.39 is 0 Å². The van der Waals surface area contributed by atoms with E-state index in [2.05, 4.69) is 31.9 Å². The number of benzene rings is 1. The van der Waals surface area contributed by atoms with Crippen LogP contribution in [0.3, 0.4) is 0 Å². The highest BCUT2D eigenvalue weighted by atomic mass is 79.9. The van der Waals surface area contributed by atoms with Gasteiger partial charge in [0.1, 0.15) is 5.75 Å². The van der Waals surface area contributed by atoms with Crippen molar-refractivity contribution in [1.29, 1.82) is 0 Å². The molecule has 4 heteroatoms. The van der Waals surface area contributed by atoms with Crippen LogP contribution in [0.15, 0.2) is 21.1 Å². The molecular weight excluding hydrogens is 358 g/mol. The summed E-state index contributed by atoms with van der Waals surface area (Å²) in [5, 5.41) is 0. The molecule has 2 rings (SSSR count). The first-order valence-corrected chi connectivity index (χ1v) is 8.10. The van der Waals surface area contributed by atoms with E-state index in [0.717, 1.165) is 26.9 Å². The number of rotatable bonds is 4. The average Bonchev–Trinajstić information content (AvgIpc) is 2.38. The highest BCUT2D eigenvalue weighted by Gasteiger charge is 2.16.